The Morgan fingerprint density at radius 3 is 2.50 bits per heavy atom. The molecular formula is C11H9BrF3NO2. The second kappa shape index (κ2) is 5.43. The summed E-state index contributed by atoms with van der Waals surface area (Å²) in [7, 11) is 0. The topological polar surface area (TPSA) is 38.3 Å². The van der Waals surface area contributed by atoms with Crippen LogP contribution in [-0.2, 0) is 4.79 Å². The van der Waals surface area contributed by atoms with Gasteiger partial charge >= 0.3 is 6.36 Å². The van der Waals surface area contributed by atoms with Gasteiger partial charge in [0.2, 0.25) is 0 Å². The van der Waals surface area contributed by atoms with Crippen LogP contribution in [0.1, 0.15) is 6.92 Å². The highest BCUT2D eigenvalue weighted by Crippen LogP contribution is 2.32. The third kappa shape index (κ3) is 4.40. The van der Waals surface area contributed by atoms with Crippen molar-refractivity contribution >= 4 is 27.5 Å². The molecule has 1 rings (SSSR count). The Labute approximate surface area is 110 Å². The molecule has 1 aromatic carbocycles. The number of carbonyl (C=O) groups is 1. The lowest BCUT2D eigenvalue weighted by atomic mass is 10.2. The third-order valence-corrected chi connectivity index (χ3v) is 2.42. The van der Waals surface area contributed by atoms with E-state index in [0.29, 0.717) is 11.3 Å². The molecule has 0 aliphatic carbocycles. The van der Waals surface area contributed by atoms with Gasteiger partial charge in [-0.2, -0.15) is 0 Å². The number of halogens is 4. The maximum absolute atomic E-state index is 12.0. The maximum Gasteiger partial charge on any atom is 0.573 e. The van der Waals surface area contributed by atoms with E-state index >= 15 is 0 Å². The first kappa shape index (κ1) is 14.6. The van der Waals surface area contributed by atoms with Gasteiger partial charge in [0.15, 0.2) is 0 Å². The highest BCUT2D eigenvalue weighted by molar-refractivity contribution is 9.10. The Morgan fingerprint density at radius 2 is 2.06 bits per heavy atom. The van der Waals surface area contributed by atoms with Crippen LogP contribution >= 0.6 is 15.9 Å². The molecule has 0 atom stereocenters. The number of carbonyl (C=O) groups excluding carboxylic acids is 1. The van der Waals surface area contributed by atoms with Crippen LogP contribution in [0.4, 0.5) is 18.9 Å². The third-order valence-electron chi connectivity index (χ3n) is 1.80. The highest BCUT2D eigenvalue weighted by Gasteiger charge is 2.31. The molecule has 0 saturated heterocycles. The lowest BCUT2D eigenvalue weighted by molar-refractivity contribution is -0.274. The summed E-state index contributed by atoms with van der Waals surface area (Å²) < 4.78 is 39.9. The number of hydrogen-bond acceptors (Lipinski definition) is 2. The van der Waals surface area contributed by atoms with Crippen molar-refractivity contribution < 1.29 is 22.7 Å². The van der Waals surface area contributed by atoms with Gasteiger partial charge in [0.1, 0.15) is 5.75 Å². The molecule has 0 heterocycles. The second-order valence-electron chi connectivity index (χ2n) is 3.43. The second-order valence-corrected chi connectivity index (χ2v) is 4.28. The van der Waals surface area contributed by atoms with Crippen LogP contribution in [0.25, 0.3) is 0 Å². The van der Waals surface area contributed by atoms with Crippen molar-refractivity contribution in [2.45, 2.75) is 13.3 Å². The molecule has 0 fully saturated rings. The first-order valence-electron chi connectivity index (χ1n) is 4.71. The fourth-order valence-electron chi connectivity index (χ4n) is 1.02. The molecule has 0 bridgehead atoms. The van der Waals surface area contributed by atoms with E-state index in [9.17, 15) is 18.0 Å². The molecule has 0 aromatic heterocycles. The number of benzene rings is 1. The molecule has 1 N–H and O–H groups in total. The van der Waals surface area contributed by atoms with Crippen LogP contribution in [0.3, 0.4) is 0 Å². The molecule has 0 saturated carbocycles. The van der Waals surface area contributed by atoms with Gasteiger partial charge in [-0.15, -0.1) is 13.2 Å². The molecule has 0 aliphatic rings. The van der Waals surface area contributed by atoms with Gasteiger partial charge in [-0.3, -0.25) is 4.79 Å². The summed E-state index contributed by atoms with van der Waals surface area (Å²) in [4.78, 5) is 11.3. The summed E-state index contributed by atoms with van der Waals surface area (Å²) >= 11 is 2.93. The Morgan fingerprint density at radius 1 is 1.44 bits per heavy atom. The Hall–Kier alpha value is -1.50. The van der Waals surface area contributed by atoms with Crippen LogP contribution in [0, 0.1) is 0 Å². The first-order valence-corrected chi connectivity index (χ1v) is 5.50. The standard InChI is InChI=1S/C11H9BrF3NO2/c1-6(2)10(17)16-7-3-4-9(8(12)5-7)18-11(13,14)15/h3-5H,1H2,2H3,(H,16,17). The quantitative estimate of drug-likeness (QED) is 0.858. The van der Waals surface area contributed by atoms with Gasteiger partial charge in [-0.05, 0) is 41.1 Å². The smallest absolute Gasteiger partial charge is 0.405 e. The van der Waals surface area contributed by atoms with Gasteiger partial charge < -0.3 is 10.1 Å². The normalized spacial score (nSPS) is 10.9. The van der Waals surface area contributed by atoms with Crippen LogP contribution in [0.2, 0.25) is 0 Å². The summed E-state index contributed by atoms with van der Waals surface area (Å²) in [5.74, 6) is -0.790. The lowest BCUT2D eigenvalue weighted by Crippen LogP contribution is -2.17. The van der Waals surface area contributed by atoms with Crippen LogP contribution < -0.4 is 10.1 Å². The van der Waals surface area contributed by atoms with Gasteiger partial charge in [0, 0.05) is 11.3 Å². The molecule has 1 amide bonds. The summed E-state index contributed by atoms with van der Waals surface area (Å²) in [6.45, 7) is 4.96. The molecule has 7 heteroatoms. The summed E-state index contributed by atoms with van der Waals surface area (Å²) in [6.07, 6.45) is -4.76. The van der Waals surface area contributed by atoms with Crippen LogP contribution in [0.15, 0.2) is 34.8 Å². The maximum atomic E-state index is 12.0. The molecule has 0 spiro atoms. The highest BCUT2D eigenvalue weighted by atomic mass is 79.9. The van der Waals surface area contributed by atoms with E-state index in [2.05, 4.69) is 32.6 Å². The molecule has 0 aliphatic heterocycles. The van der Waals surface area contributed by atoms with E-state index < -0.39 is 12.3 Å². The number of anilines is 1. The summed E-state index contributed by atoms with van der Waals surface area (Å²) in [5, 5.41) is 2.47. The number of ether oxygens (including phenoxy) is 1. The van der Waals surface area contributed by atoms with Gasteiger partial charge in [0.25, 0.3) is 5.91 Å². The number of alkyl halides is 3. The van der Waals surface area contributed by atoms with Gasteiger partial charge in [-0.25, -0.2) is 0 Å². The van der Waals surface area contributed by atoms with Crippen molar-refractivity contribution in [2.24, 2.45) is 0 Å². The van der Waals surface area contributed by atoms with E-state index in [-0.39, 0.29) is 10.2 Å². The van der Waals surface area contributed by atoms with E-state index in [4.69, 9.17) is 0 Å². The number of nitrogens with one attached hydrogen (secondary N) is 1. The van der Waals surface area contributed by atoms with Crippen molar-refractivity contribution in [1.82, 2.24) is 0 Å². The zero-order valence-corrected chi connectivity index (χ0v) is 10.9. The minimum absolute atomic E-state index is 0.0827. The SMILES string of the molecule is C=C(C)C(=O)Nc1ccc(OC(F)(F)F)c(Br)c1. The van der Waals surface area contributed by atoms with E-state index in [1.165, 1.54) is 19.1 Å². The zero-order valence-electron chi connectivity index (χ0n) is 9.27. The number of rotatable bonds is 3. The molecular weight excluding hydrogens is 315 g/mol. The largest absolute Gasteiger partial charge is 0.573 e. The average molecular weight is 324 g/mol. The van der Waals surface area contributed by atoms with Crippen molar-refractivity contribution in [1.29, 1.82) is 0 Å². The predicted octanol–water partition coefficient (Wildman–Crippen LogP) is 3.86. The monoisotopic (exact) mass is 323 g/mol. The van der Waals surface area contributed by atoms with Crippen molar-refractivity contribution in [3.05, 3.63) is 34.8 Å². The summed E-state index contributed by atoms with van der Waals surface area (Å²) in [6, 6.07) is 3.71. The zero-order chi connectivity index (χ0) is 13.9. The minimum atomic E-state index is -4.76. The van der Waals surface area contributed by atoms with E-state index in [1.807, 2.05) is 0 Å². The van der Waals surface area contributed by atoms with Crippen molar-refractivity contribution in [2.75, 3.05) is 5.32 Å². The van der Waals surface area contributed by atoms with E-state index in [0.717, 1.165) is 6.07 Å². The number of hydrogen-bond donors (Lipinski definition) is 1. The minimum Gasteiger partial charge on any atom is -0.405 e. The average Bonchev–Trinajstić information content (AvgIpc) is 2.20. The van der Waals surface area contributed by atoms with Crippen LogP contribution in [0.5, 0.6) is 5.75 Å². The molecule has 1 aromatic rings. The molecule has 3 nitrogen and oxygen atoms in total. The van der Waals surface area contributed by atoms with Crippen molar-refractivity contribution in [3.8, 4) is 5.75 Å². The lowest BCUT2D eigenvalue weighted by Gasteiger charge is -2.12. The molecule has 98 valence electrons. The Bertz CT molecular complexity index is 486. The van der Waals surface area contributed by atoms with Crippen LogP contribution in [-0.4, -0.2) is 12.3 Å². The van der Waals surface area contributed by atoms with E-state index in [1.54, 1.807) is 0 Å². The molecule has 18 heavy (non-hydrogen) atoms. The number of amides is 1. The molecule has 0 radical (unpaired) electrons. The Kier molecular flexibility index (Phi) is 4.39. The van der Waals surface area contributed by atoms with Crippen molar-refractivity contribution in [3.63, 3.8) is 0 Å². The first-order chi connectivity index (χ1) is 8.19. The van der Waals surface area contributed by atoms with Gasteiger partial charge in [0.05, 0.1) is 4.47 Å². The Balaban J connectivity index is 2.86. The molecule has 0 unspecified atom stereocenters. The fourth-order valence-corrected chi connectivity index (χ4v) is 1.48. The fraction of sp³-hybridized carbons (Fsp3) is 0.182. The summed E-state index contributed by atoms with van der Waals surface area (Å²) in [5.41, 5.74) is 0.631. The van der Waals surface area contributed by atoms with Gasteiger partial charge in [-0.1, -0.05) is 6.58 Å². The predicted molar refractivity (Wildman–Crippen MR) is 64.3 cm³/mol.